The molecule has 1 unspecified atom stereocenters. The van der Waals surface area contributed by atoms with Gasteiger partial charge in [-0.25, -0.2) is 4.79 Å². The van der Waals surface area contributed by atoms with Crippen molar-refractivity contribution < 1.29 is 32.2 Å². The van der Waals surface area contributed by atoms with Crippen molar-refractivity contribution >= 4 is 17.6 Å². The number of carbonyl (C=O) groups is 2. The van der Waals surface area contributed by atoms with E-state index < -0.39 is 24.3 Å². The van der Waals surface area contributed by atoms with Gasteiger partial charge in [-0.15, -0.1) is 13.2 Å². The molecular formula is C28H28F3NO4. The van der Waals surface area contributed by atoms with Crippen molar-refractivity contribution in [1.82, 2.24) is 0 Å². The van der Waals surface area contributed by atoms with Crippen LogP contribution in [0.2, 0.25) is 0 Å². The van der Waals surface area contributed by atoms with Crippen LogP contribution in [0, 0.1) is 0 Å². The number of esters is 1. The summed E-state index contributed by atoms with van der Waals surface area (Å²) in [6.07, 6.45) is -4.76. The molecule has 0 fully saturated rings. The van der Waals surface area contributed by atoms with Gasteiger partial charge in [0.2, 0.25) is 0 Å². The molecule has 0 saturated carbocycles. The fraction of sp³-hybridized carbons (Fsp3) is 0.286. The molecule has 0 aliphatic rings. The number of amides is 1. The summed E-state index contributed by atoms with van der Waals surface area (Å²) in [4.78, 5) is 26.5. The molecule has 36 heavy (non-hydrogen) atoms. The molecule has 0 aromatic heterocycles. The van der Waals surface area contributed by atoms with Gasteiger partial charge in [-0.1, -0.05) is 69.3 Å². The Bertz CT molecular complexity index is 1200. The molecule has 3 rings (SSSR count). The molecule has 3 aromatic rings. The number of halogens is 3. The first-order chi connectivity index (χ1) is 16.8. The van der Waals surface area contributed by atoms with Crippen LogP contribution in [-0.2, 0) is 19.7 Å². The van der Waals surface area contributed by atoms with E-state index in [0.29, 0.717) is 16.8 Å². The maximum absolute atomic E-state index is 13.0. The van der Waals surface area contributed by atoms with E-state index in [1.807, 2.05) is 31.2 Å². The molecule has 0 radical (unpaired) electrons. The second-order valence-electron chi connectivity index (χ2n) is 9.33. The van der Waals surface area contributed by atoms with Gasteiger partial charge in [0, 0.05) is 5.69 Å². The molecule has 8 heteroatoms. The number of nitrogens with zero attached hydrogens (tertiary/aromatic N) is 1. The first kappa shape index (κ1) is 26.8. The van der Waals surface area contributed by atoms with E-state index in [1.165, 1.54) is 29.2 Å². The lowest BCUT2D eigenvalue weighted by Crippen LogP contribution is -2.39. The lowest BCUT2D eigenvalue weighted by atomic mass is 9.86. The van der Waals surface area contributed by atoms with Crippen molar-refractivity contribution in [2.75, 3.05) is 12.0 Å². The summed E-state index contributed by atoms with van der Waals surface area (Å²) in [7, 11) is 1.15. The largest absolute Gasteiger partial charge is 0.573 e. The Labute approximate surface area is 208 Å². The van der Waals surface area contributed by atoms with E-state index in [1.54, 1.807) is 24.3 Å². The molecule has 0 heterocycles. The second kappa shape index (κ2) is 10.4. The Hall–Kier alpha value is -3.81. The number of anilines is 1. The summed E-state index contributed by atoms with van der Waals surface area (Å²) in [5.41, 5.74) is 3.79. The number of carbonyl (C=O) groups excluding carboxylic acids is 2. The van der Waals surface area contributed by atoms with Gasteiger partial charge in [0.15, 0.2) is 0 Å². The highest BCUT2D eigenvalue weighted by Crippen LogP contribution is 2.32. The molecular weight excluding hydrogens is 471 g/mol. The van der Waals surface area contributed by atoms with Gasteiger partial charge in [0.05, 0.1) is 13.2 Å². The summed E-state index contributed by atoms with van der Waals surface area (Å²) in [5.74, 6) is -2.12. The molecule has 0 saturated heterocycles. The minimum Gasteiger partial charge on any atom is -0.462 e. The minimum atomic E-state index is -4.76. The summed E-state index contributed by atoms with van der Waals surface area (Å²) >= 11 is 0. The van der Waals surface area contributed by atoms with Crippen molar-refractivity contribution in [1.29, 1.82) is 0 Å². The lowest BCUT2D eigenvalue weighted by molar-refractivity contribution is -0.274. The van der Waals surface area contributed by atoms with E-state index in [4.69, 9.17) is 0 Å². The fourth-order valence-electron chi connectivity index (χ4n) is 3.78. The molecule has 0 aliphatic heterocycles. The third-order valence-corrected chi connectivity index (χ3v) is 5.79. The van der Waals surface area contributed by atoms with E-state index in [2.05, 4.69) is 30.2 Å². The van der Waals surface area contributed by atoms with Crippen molar-refractivity contribution in [2.45, 2.75) is 45.5 Å². The van der Waals surface area contributed by atoms with Crippen LogP contribution < -0.4 is 9.64 Å². The molecule has 0 bridgehead atoms. The normalized spacial score (nSPS) is 12.6. The number of methoxy groups -OCH3 is 1. The Morgan fingerprint density at radius 2 is 1.31 bits per heavy atom. The quantitative estimate of drug-likeness (QED) is 0.286. The summed E-state index contributed by atoms with van der Waals surface area (Å²) < 4.78 is 45.8. The Morgan fingerprint density at radius 1 is 0.806 bits per heavy atom. The van der Waals surface area contributed by atoms with Gasteiger partial charge in [0.1, 0.15) is 5.75 Å². The Kier molecular flexibility index (Phi) is 7.77. The van der Waals surface area contributed by atoms with Crippen molar-refractivity contribution in [3.63, 3.8) is 0 Å². The van der Waals surface area contributed by atoms with Gasteiger partial charge in [0.25, 0.3) is 0 Å². The highest BCUT2D eigenvalue weighted by Gasteiger charge is 2.31. The lowest BCUT2D eigenvalue weighted by Gasteiger charge is -2.29. The third kappa shape index (κ3) is 6.44. The molecule has 3 aromatic carbocycles. The van der Waals surface area contributed by atoms with Crippen molar-refractivity contribution in [2.24, 2.45) is 0 Å². The Morgan fingerprint density at radius 3 is 1.75 bits per heavy atom. The van der Waals surface area contributed by atoms with Gasteiger partial charge in [-0.05, 0) is 58.9 Å². The van der Waals surface area contributed by atoms with Crippen LogP contribution in [0.15, 0.2) is 72.8 Å². The van der Waals surface area contributed by atoms with Crippen LogP contribution in [0.3, 0.4) is 0 Å². The fourth-order valence-corrected chi connectivity index (χ4v) is 3.78. The number of ether oxygens (including phenoxy) is 2. The maximum atomic E-state index is 13.0. The zero-order chi connectivity index (χ0) is 26.7. The van der Waals surface area contributed by atoms with Crippen molar-refractivity contribution in [3.05, 3.63) is 83.9 Å². The SMILES string of the molecule is COC(=O)C(=O)N(c1ccc(-c2ccc(OC(F)(F)F)cc2)cc1)C(C)c1ccc(C(C)(C)C)cc1. The average Bonchev–Trinajstić information content (AvgIpc) is 2.83. The van der Waals surface area contributed by atoms with E-state index in [0.717, 1.165) is 18.2 Å². The smallest absolute Gasteiger partial charge is 0.462 e. The van der Waals surface area contributed by atoms with Crippen LogP contribution in [0.25, 0.3) is 11.1 Å². The van der Waals surface area contributed by atoms with Crippen LogP contribution in [0.5, 0.6) is 5.75 Å². The average molecular weight is 500 g/mol. The Balaban J connectivity index is 1.90. The predicted octanol–water partition coefficient (Wildman–Crippen LogP) is 6.82. The number of hydrogen-bond donors (Lipinski definition) is 0. The standard InChI is InChI=1S/C28H28F3NO4/c1-18(19-6-12-22(13-7-19)27(2,3)4)32(25(33)26(34)35-5)23-14-8-20(9-15-23)21-10-16-24(17-11-21)36-28(29,30)31/h6-18H,1-5H3. The monoisotopic (exact) mass is 499 g/mol. The van der Waals surface area contributed by atoms with E-state index in [9.17, 15) is 22.8 Å². The number of alkyl halides is 3. The van der Waals surface area contributed by atoms with Gasteiger partial charge < -0.3 is 9.47 Å². The molecule has 0 spiro atoms. The highest BCUT2D eigenvalue weighted by atomic mass is 19.4. The van der Waals surface area contributed by atoms with Gasteiger partial charge in [-0.2, -0.15) is 0 Å². The number of rotatable bonds is 5. The van der Waals surface area contributed by atoms with Gasteiger partial charge in [-0.3, -0.25) is 9.69 Å². The topological polar surface area (TPSA) is 55.8 Å². The molecule has 190 valence electrons. The van der Waals surface area contributed by atoms with Gasteiger partial charge >= 0.3 is 18.2 Å². The zero-order valence-corrected chi connectivity index (χ0v) is 20.7. The minimum absolute atomic E-state index is 0.0316. The summed E-state index contributed by atoms with van der Waals surface area (Å²) in [6.45, 7) is 8.14. The summed E-state index contributed by atoms with van der Waals surface area (Å²) in [6, 6.07) is 19.7. The third-order valence-electron chi connectivity index (χ3n) is 5.79. The van der Waals surface area contributed by atoms with E-state index in [-0.39, 0.29) is 11.2 Å². The van der Waals surface area contributed by atoms with Crippen LogP contribution in [-0.4, -0.2) is 25.3 Å². The number of benzene rings is 3. The van der Waals surface area contributed by atoms with Crippen molar-refractivity contribution in [3.8, 4) is 16.9 Å². The van der Waals surface area contributed by atoms with Crippen LogP contribution in [0.4, 0.5) is 18.9 Å². The van der Waals surface area contributed by atoms with Crippen LogP contribution in [0.1, 0.15) is 44.9 Å². The molecule has 0 aliphatic carbocycles. The molecule has 5 nitrogen and oxygen atoms in total. The highest BCUT2D eigenvalue weighted by molar-refractivity contribution is 6.38. The first-order valence-corrected chi connectivity index (χ1v) is 11.3. The second-order valence-corrected chi connectivity index (χ2v) is 9.33. The number of hydrogen-bond acceptors (Lipinski definition) is 4. The maximum Gasteiger partial charge on any atom is 0.573 e. The van der Waals surface area contributed by atoms with Crippen LogP contribution >= 0.6 is 0 Å². The molecule has 1 atom stereocenters. The first-order valence-electron chi connectivity index (χ1n) is 11.3. The zero-order valence-electron chi connectivity index (χ0n) is 20.7. The molecule has 0 N–H and O–H groups in total. The summed E-state index contributed by atoms with van der Waals surface area (Å²) in [5, 5.41) is 0. The molecule has 1 amide bonds. The van der Waals surface area contributed by atoms with E-state index >= 15 is 0 Å². The predicted molar refractivity (Wildman–Crippen MR) is 132 cm³/mol.